The number of aryl methyl sites for hydroxylation is 1. The highest BCUT2D eigenvalue weighted by Crippen LogP contribution is 1.89. The molecule has 2 aromatic rings. The molecule has 0 aliphatic carbocycles. The topological polar surface area (TPSA) is 94.6 Å². The fourth-order valence-corrected chi connectivity index (χ4v) is 1.10. The van der Waals surface area contributed by atoms with Crippen LogP contribution in [0.1, 0.15) is 11.6 Å². The summed E-state index contributed by atoms with van der Waals surface area (Å²) < 4.78 is 4.61. The van der Waals surface area contributed by atoms with Crippen molar-refractivity contribution in [3.05, 3.63) is 18.0 Å². The van der Waals surface area contributed by atoms with Crippen LogP contribution in [0.15, 0.2) is 10.9 Å². The van der Waals surface area contributed by atoms with Crippen LogP contribution in [0.4, 0.5) is 0 Å². The molecule has 0 saturated carbocycles. The third-order valence-corrected chi connectivity index (χ3v) is 1.77. The number of tetrazole rings is 1. The molecule has 0 fully saturated rings. The quantitative estimate of drug-likeness (QED) is 0.626. The Morgan fingerprint density at radius 2 is 2.40 bits per heavy atom. The predicted molar refractivity (Wildman–Crippen MR) is 48.5 cm³/mol. The standard InChI is InChI=1S/C7H11N7O/c1-14-11-7(10-13-14)4-8-3-2-6-9-5-15-12-6/h5,8H,2-4H2,1H3. The highest BCUT2D eigenvalue weighted by atomic mass is 16.5. The van der Waals surface area contributed by atoms with E-state index in [0.29, 0.717) is 18.2 Å². The van der Waals surface area contributed by atoms with Crippen molar-refractivity contribution in [2.45, 2.75) is 13.0 Å². The fourth-order valence-electron chi connectivity index (χ4n) is 1.10. The van der Waals surface area contributed by atoms with Gasteiger partial charge in [0, 0.05) is 13.0 Å². The van der Waals surface area contributed by atoms with Crippen LogP contribution < -0.4 is 5.32 Å². The van der Waals surface area contributed by atoms with Crippen molar-refractivity contribution in [1.82, 2.24) is 35.7 Å². The van der Waals surface area contributed by atoms with E-state index in [0.717, 1.165) is 13.0 Å². The second-order valence-electron chi connectivity index (χ2n) is 2.97. The maximum absolute atomic E-state index is 4.61. The number of hydrogen-bond acceptors (Lipinski definition) is 7. The van der Waals surface area contributed by atoms with Crippen molar-refractivity contribution in [1.29, 1.82) is 0 Å². The molecule has 0 aromatic carbocycles. The van der Waals surface area contributed by atoms with Gasteiger partial charge in [0.15, 0.2) is 11.6 Å². The van der Waals surface area contributed by atoms with Gasteiger partial charge in [0.1, 0.15) is 0 Å². The summed E-state index contributed by atoms with van der Waals surface area (Å²) in [6, 6.07) is 0. The van der Waals surface area contributed by atoms with E-state index >= 15 is 0 Å². The van der Waals surface area contributed by atoms with Gasteiger partial charge >= 0.3 is 0 Å². The molecule has 0 amide bonds. The first kappa shape index (κ1) is 9.71. The van der Waals surface area contributed by atoms with Gasteiger partial charge in [-0.1, -0.05) is 5.16 Å². The van der Waals surface area contributed by atoms with E-state index in [1.54, 1.807) is 7.05 Å². The van der Waals surface area contributed by atoms with Gasteiger partial charge < -0.3 is 9.84 Å². The monoisotopic (exact) mass is 209 g/mol. The van der Waals surface area contributed by atoms with Crippen LogP contribution in [0.25, 0.3) is 0 Å². The van der Waals surface area contributed by atoms with Crippen LogP contribution in [0, 0.1) is 0 Å². The Morgan fingerprint density at radius 1 is 1.47 bits per heavy atom. The summed E-state index contributed by atoms with van der Waals surface area (Å²) in [5.74, 6) is 1.36. The maximum Gasteiger partial charge on any atom is 0.213 e. The first-order chi connectivity index (χ1) is 7.34. The van der Waals surface area contributed by atoms with Gasteiger partial charge in [0.05, 0.1) is 13.6 Å². The molecule has 2 rings (SSSR count). The molecule has 8 heteroatoms. The van der Waals surface area contributed by atoms with Crippen molar-refractivity contribution in [2.75, 3.05) is 6.54 Å². The van der Waals surface area contributed by atoms with Crippen molar-refractivity contribution >= 4 is 0 Å². The molecule has 8 nitrogen and oxygen atoms in total. The Labute approximate surface area is 85.7 Å². The summed E-state index contributed by atoms with van der Waals surface area (Å²) >= 11 is 0. The minimum Gasteiger partial charge on any atom is -0.343 e. The van der Waals surface area contributed by atoms with Gasteiger partial charge in [-0.15, -0.1) is 10.2 Å². The average molecular weight is 209 g/mol. The predicted octanol–water partition coefficient (Wildman–Crippen LogP) is -1.07. The number of nitrogens with zero attached hydrogens (tertiary/aromatic N) is 6. The summed E-state index contributed by atoms with van der Waals surface area (Å²) in [6.45, 7) is 1.34. The highest BCUT2D eigenvalue weighted by Gasteiger charge is 2.00. The number of aromatic nitrogens is 6. The van der Waals surface area contributed by atoms with Gasteiger partial charge in [-0.3, -0.25) is 0 Å². The summed E-state index contributed by atoms with van der Waals surface area (Å²) in [6.07, 6.45) is 2.04. The van der Waals surface area contributed by atoms with Crippen LogP contribution in [-0.2, 0) is 20.0 Å². The molecule has 15 heavy (non-hydrogen) atoms. The van der Waals surface area contributed by atoms with Crippen molar-refractivity contribution in [3.63, 3.8) is 0 Å². The molecule has 0 atom stereocenters. The molecule has 80 valence electrons. The summed E-state index contributed by atoms with van der Waals surface area (Å²) in [7, 11) is 1.73. The summed E-state index contributed by atoms with van der Waals surface area (Å²) in [5.41, 5.74) is 0. The van der Waals surface area contributed by atoms with Gasteiger partial charge in [-0.05, 0) is 5.21 Å². The van der Waals surface area contributed by atoms with Gasteiger partial charge in [0.2, 0.25) is 6.39 Å². The molecule has 0 spiro atoms. The van der Waals surface area contributed by atoms with Crippen LogP contribution in [0.3, 0.4) is 0 Å². The first-order valence-electron chi connectivity index (χ1n) is 4.53. The summed E-state index contributed by atoms with van der Waals surface area (Å²) in [4.78, 5) is 5.33. The van der Waals surface area contributed by atoms with Crippen LogP contribution >= 0.6 is 0 Å². The van der Waals surface area contributed by atoms with Gasteiger partial charge in [0.25, 0.3) is 0 Å². The number of hydrogen-bond donors (Lipinski definition) is 1. The first-order valence-corrected chi connectivity index (χ1v) is 4.53. The highest BCUT2D eigenvalue weighted by molar-refractivity contribution is 4.80. The van der Waals surface area contributed by atoms with E-state index in [4.69, 9.17) is 0 Å². The van der Waals surface area contributed by atoms with Gasteiger partial charge in [-0.2, -0.15) is 9.78 Å². The number of nitrogens with one attached hydrogen (secondary N) is 1. The normalized spacial score (nSPS) is 10.7. The van der Waals surface area contributed by atoms with E-state index in [1.807, 2.05) is 0 Å². The number of rotatable bonds is 5. The SMILES string of the molecule is Cn1nnc(CNCCc2ncon2)n1. The van der Waals surface area contributed by atoms with Crippen molar-refractivity contribution in [3.8, 4) is 0 Å². The van der Waals surface area contributed by atoms with Crippen LogP contribution in [-0.4, -0.2) is 36.9 Å². The average Bonchev–Trinajstić information content (AvgIpc) is 2.84. The summed E-state index contributed by atoms with van der Waals surface area (Å²) in [5, 5.41) is 18.4. The largest absolute Gasteiger partial charge is 0.343 e. The zero-order valence-electron chi connectivity index (χ0n) is 8.29. The third-order valence-electron chi connectivity index (χ3n) is 1.77. The molecule has 0 bridgehead atoms. The van der Waals surface area contributed by atoms with Gasteiger partial charge in [-0.25, -0.2) is 0 Å². The Hall–Kier alpha value is -1.83. The zero-order valence-corrected chi connectivity index (χ0v) is 8.29. The Bertz CT molecular complexity index is 395. The lowest BCUT2D eigenvalue weighted by atomic mass is 10.4. The van der Waals surface area contributed by atoms with E-state index in [-0.39, 0.29) is 0 Å². The maximum atomic E-state index is 4.61. The lowest BCUT2D eigenvalue weighted by Gasteiger charge is -1.97. The second-order valence-corrected chi connectivity index (χ2v) is 2.97. The van der Waals surface area contributed by atoms with E-state index < -0.39 is 0 Å². The van der Waals surface area contributed by atoms with E-state index in [1.165, 1.54) is 11.2 Å². The molecule has 2 heterocycles. The molecule has 0 unspecified atom stereocenters. The third kappa shape index (κ3) is 2.81. The second kappa shape index (κ2) is 4.60. The molecule has 0 radical (unpaired) electrons. The molecular formula is C7H11N7O. The lowest BCUT2D eigenvalue weighted by Crippen LogP contribution is -2.18. The minimum atomic E-state index is 0.589. The van der Waals surface area contributed by atoms with E-state index in [9.17, 15) is 0 Å². The molecule has 2 aromatic heterocycles. The van der Waals surface area contributed by atoms with Crippen molar-refractivity contribution < 1.29 is 4.52 Å². The zero-order chi connectivity index (χ0) is 10.5. The molecular weight excluding hydrogens is 198 g/mol. The molecule has 0 saturated heterocycles. The van der Waals surface area contributed by atoms with Crippen LogP contribution in [0.2, 0.25) is 0 Å². The van der Waals surface area contributed by atoms with E-state index in [2.05, 4.69) is 35.4 Å². The Kier molecular flexibility index (Phi) is 2.98. The lowest BCUT2D eigenvalue weighted by molar-refractivity contribution is 0.409. The molecule has 0 aliphatic rings. The molecule has 1 N–H and O–H groups in total. The Morgan fingerprint density at radius 3 is 3.07 bits per heavy atom. The Balaban J connectivity index is 1.67. The fraction of sp³-hybridized carbons (Fsp3) is 0.571. The smallest absolute Gasteiger partial charge is 0.213 e. The molecule has 0 aliphatic heterocycles. The minimum absolute atomic E-state index is 0.589. The van der Waals surface area contributed by atoms with Crippen molar-refractivity contribution in [2.24, 2.45) is 7.05 Å². The van der Waals surface area contributed by atoms with Crippen LogP contribution in [0.5, 0.6) is 0 Å².